The average Bonchev–Trinajstić information content (AvgIpc) is 2.78. The maximum Gasteiger partial charge on any atom is 0.416 e. The molecule has 1 atom stereocenters. The van der Waals surface area contributed by atoms with E-state index in [1.807, 2.05) is 31.1 Å². The van der Waals surface area contributed by atoms with E-state index in [1.54, 1.807) is 39.0 Å². The first-order chi connectivity index (χ1) is 16.7. The maximum atomic E-state index is 13.2. The second-order valence-electron chi connectivity index (χ2n) is 9.84. The Morgan fingerprint density at radius 3 is 2.17 bits per heavy atom. The highest BCUT2D eigenvalue weighted by Gasteiger charge is 2.34. The molecule has 0 saturated carbocycles. The van der Waals surface area contributed by atoms with Crippen molar-refractivity contribution in [1.29, 1.82) is 0 Å². The van der Waals surface area contributed by atoms with Crippen molar-refractivity contribution in [3.63, 3.8) is 0 Å². The van der Waals surface area contributed by atoms with Crippen LogP contribution in [0.3, 0.4) is 0 Å². The number of carbonyl (C=O) groups excluding carboxylic acids is 1. The van der Waals surface area contributed by atoms with Crippen molar-refractivity contribution in [2.45, 2.75) is 39.6 Å². The molecular weight excluding hydrogens is 473 g/mol. The van der Waals surface area contributed by atoms with Crippen LogP contribution >= 0.6 is 0 Å². The van der Waals surface area contributed by atoms with Crippen LogP contribution in [0.15, 0.2) is 54.6 Å². The second kappa shape index (κ2) is 10.1. The number of rotatable bonds is 7. The van der Waals surface area contributed by atoms with Gasteiger partial charge in [0.25, 0.3) is 5.91 Å². The Kier molecular flexibility index (Phi) is 7.52. The molecule has 0 aliphatic rings. The number of nitrogens with zero attached hydrogens (tertiary/aromatic N) is 1. The third-order valence-electron chi connectivity index (χ3n) is 5.77. The third-order valence-corrected chi connectivity index (χ3v) is 5.77. The van der Waals surface area contributed by atoms with Crippen LogP contribution in [0, 0.1) is 5.41 Å². The first kappa shape index (κ1) is 26.8. The van der Waals surface area contributed by atoms with Crippen molar-refractivity contribution >= 4 is 28.3 Å². The molecule has 0 heterocycles. The fraction of sp³-hybridized carbons (Fsp3) is 0.333. The molecule has 6 nitrogen and oxygen atoms in total. The molecule has 0 fully saturated rings. The molecule has 0 aliphatic heterocycles. The van der Waals surface area contributed by atoms with Gasteiger partial charge in [-0.25, -0.2) is 4.79 Å². The van der Waals surface area contributed by atoms with Crippen molar-refractivity contribution in [3.05, 3.63) is 71.3 Å². The Bertz CT molecular complexity index is 1260. The summed E-state index contributed by atoms with van der Waals surface area (Å²) in [6, 6.07) is 12.3. The van der Waals surface area contributed by atoms with Gasteiger partial charge in [0, 0.05) is 25.2 Å². The van der Waals surface area contributed by atoms with E-state index in [1.165, 1.54) is 12.1 Å². The van der Waals surface area contributed by atoms with Crippen LogP contribution in [0.1, 0.15) is 42.3 Å². The number of hydrogen-bond acceptors (Lipinski definition) is 4. The molecule has 1 unspecified atom stereocenters. The topological polar surface area (TPSA) is 78.9 Å². The monoisotopic (exact) mass is 502 g/mol. The number of carboxylic acid groups (broad SMARTS) is 1. The summed E-state index contributed by atoms with van der Waals surface area (Å²) in [4.78, 5) is 26.9. The van der Waals surface area contributed by atoms with Gasteiger partial charge in [0.15, 0.2) is 0 Å². The number of anilines is 1. The van der Waals surface area contributed by atoms with Gasteiger partial charge < -0.3 is 20.1 Å². The molecule has 0 aliphatic carbocycles. The molecule has 3 rings (SSSR count). The highest BCUT2D eigenvalue weighted by atomic mass is 19.4. The van der Waals surface area contributed by atoms with Crippen LogP contribution in [0.25, 0.3) is 10.8 Å². The number of carbonyl (C=O) groups is 2. The Hall–Kier alpha value is -3.75. The minimum atomic E-state index is -4.45. The lowest BCUT2D eigenvalue weighted by Gasteiger charge is -2.28. The van der Waals surface area contributed by atoms with Gasteiger partial charge >= 0.3 is 12.1 Å². The lowest BCUT2D eigenvalue weighted by molar-refractivity contribution is -0.142. The number of carboxylic acids is 1. The van der Waals surface area contributed by atoms with Gasteiger partial charge in [-0.15, -0.1) is 0 Å². The number of hydrogen-bond donors (Lipinski definition) is 2. The molecule has 36 heavy (non-hydrogen) atoms. The largest absolute Gasteiger partial charge is 0.487 e. The highest BCUT2D eigenvalue weighted by molar-refractivity contribution is 6.05. The van der Waals surface area contributed by atoms with Crippen LogP contribution < -0.4 is 15.0 Å². The zero-order valence-electron chi connectivity index (χ0n) is 20.7. The predicted molar refractivity (Wildman–Crippen MR) is 132 cm³/mol. The summed E-state index contributed by atoms with van der Waals surface area (Å²) < 4.78 is 44.7. The van der Waals surface area contributed by atoms with Crippen LogP contribution in [0.4, 0.5) is 18.9 Å². The molecule has 2 N–H and O–H groups in total. The van der Waals surface area contributed by atoms with Crippen molar-refractivity contribution in [2.24, 2.45) is 5.41 Å². The number of halogens is 3. The molecule has 0 radical (unpaired) electrons. The molecule has 3 aromatic rings. The van der Waals surface area contributed by atoms with Gasteiger partial charge in [-0.1, -0.05) is 39.0 Å². The Balaban J connectivity index is 2.01. The normalized spacial score (nSPS) is 12.8. The first-order valence-electron chi connectivity index (χ1n) is 11.2. The third kappa shape index (κ3) is 6.08. The Morgan fingerprint density at radius 2 is 1.64 bits per heavy atom. The second-order valence-corrected chi connectivity index (χ2v) is 9.84. The minimum Gasteiger partial charge on any atom is -0.487 e. The predicted octanol–water partition coefficient (Wildman–Crippen LogP) is 5.73. The van der Waals surface area contributed by atoms with Gasteiger partial charge in [-0.3, -0.25) is 4.79 Å². The van der Waals surface area contributed by atoms with E-state index < -0.39 is 35.1 Å². The number of alkyl halides is 3. The average molecular weight is 503 g/mol. The fourth-order valence-corrected chi connectivity index (χ4v) is 3.70. The summed E-state index contributed by atoms with van der Waals surface area (Å²) in [6.45, 7) is 5.03. The molecular formula is C27H29F3N2O4. The number of nitrogens with one attached hydrogen (secondary N) is 1. The van der Waals surface area contributed by atoms with Crippen molar-refractivity contribution in [3.8, 4) is 5.75 Å². The smallest absolute Gasteiger partial charge is 0.416 e. The summed E-state index contributed by atoms with van der Waals surface area (Å²) >= 11 is 0. The van der Waals surface area contributed by atoms with E-state index in [4.69, 9.17) is 4.74 Å². The van der Waals surface area contributed by atoms with Crippen LogP contribution in [-0.2, 0) is 17.6 Å². The summed E-state index contributed by atoms with van der Waals surface area (Å²) in [6.07, 6.45) is -4.45. The van der Waals surface area contributed by atoms with Gasteiger partial charge in [0.2, 0.25) is 0 Å². The highest BCUT2D eigenvalue weighted by Crippen LogP contribution is 2.34. The van der Waals surface area contributed by atoms with Crippen molar-refractivity contribution in [1.82, 2.24) is 5.32 Å². The van der Waals surface area contributed by atoms with Crippen LogP contribution in [0.5, 0.6) is 5.75 Å². The Morgan fingerprint density at radius 1 is 1.00 bits per heavy atom. The molecule has 0 spiro atoms. The number of fused-ring (bicyclic) bond motifs is 1. The standard InChI is InChI=1S/C27H29F3N2O4/c1-26(2,3)23(25(34)35)31-24(33)21-12-8-17-14-19(32(4)5)11-13-20(17)22(21)36-15-16-6-9-18(10-7-16)27(28,29)30/h6-14,23H,15H2,1-5H3,(H,31,33)(H,34,35). The summed E-state index contributed by atoms with van der Waals surface area (Å²) in [5, 5.41) is 13.6. The quantitative estimate of drug-likeness (QED) is 0.431. The summed E-state index contributed by atoms with van der Waals surface area (Å²) in [5.74, 6) is -1.58. The molecule has 3 aromatic carbocycles. The van der Waals surface area contributed by atoms with E-state index in [-0.39, 0.29) is 17.9 Å². The zero-order valence-corrected chi connectivity index (χ0v) is 20.7. The van der Waals surface area contributed by atoms with E-state index in [0.29, 0.717) is 10.9 Å². The van der Waals surface area contributed by atoms with E-state index >= 15 is 0 Å². The van der Waals surface area contributed by atoms with Gasteiger partial charge in [-0.05, 0) is 52.8 Å². The lowest BCUT2D eigenvalue weighted by Crippen LogP contribution is -2.49. The van der Waals surface area contributed by atoms with Crippen molar-refractivity contribution < 1.29 is 32.6 Å². The van der Waals surface area contributed by atoms with Gasteiger partial charge in [0.1, 0.15) is 18.4 Å². The fourth-order valence-electron chi connectivity index (χ4n) is 3.70. The molecule has 0 aromatic heterocycles. The number of amides is 1. The van der Waals surface area contributed by atoms with Crippen LogP contribution in [-0.4, -0.2) is 37.1 Å². The molecule has 0 bridgehead atoms. The van der Waals surface area contributed by atoms with Gasteiger partial charge in [-0.2, -0.15) is 13.2 Å². The zero-order chi connectivity index (χ0) is 26.8. The molecule has 0 saturated heterocycles. The van der Waals surface area contributed by atoms with Gasteiger partial charge in [0.05, 0.1) is 11.1 Å². The molecule has 1 amide bonds. The molecule has 192 valence electrons. The number of benzene rings is 3. The van der Waals surface area contributed by atoms with E-state index in [0.717, 1.165) is 23.2 Å². The first-order valence-corrected chi connectivity index (χ1v) is 11.2. The molecule has 9 heteroatoms. The van der Waals surface area contributed by atoms with Crippen LogP contribution in [0.2, 0.25) is 0 Å². The van der Waals surface area contributed by atoms with E-state index in [2.05, 4.69) is 5.32 Å². The minimum absolute atomic E-state index is 0.0887. The Labute approximate surface area is 207 Å². The number of aliphatic carboxylic acids is 1. The number of ether oxygens (including phenoxy) is 1. The lowest BCUT2D eigenvalue weighted by atomic mass is 9.86. The maximum absolute atomic E-state index is 13.2. The summed E-state index contributed by atoms with van der Waals surface area (Å²) in [7, 11) is 3.78. The SMILES string of the molecule is CN(C)c1ccc2c(OCc3ccc(C(F)(F)F)cc3)c(C(=O)NC(C(=O)O)C(C)(C)C)ccc2c1. The van der Waals surface area contributed by atoms with Crippen molar-refractivity contribution in [2.75, 3.05) is 19.0 Å². The summed E-state index contributed by atoms with van der Waals surface area (Å²) in [5.41, 5.74) is 0.0127. The van der Waals surface area contributed by atoms with E-state index in [9.17, 15) is 27.9 Å².